The van der Waals surface area contributed by atoms with Crippen molar-refractivity contribution >= 4 is 0 Å². The summed E-state index contributed by atoms with van der Waals surface area (Å²) in [5.74, 6) is 0. The third-order valence-corrected chi connectivity index (χ3v) is 2.69. The average molecular weight is 236 g/mol. The van der Waals surface area contributed by atoms with Gasteiger partial charge in [-0.25, -0.2) is 0 Å². The molecule has 0 aliphatic carbocycles. The molecule has 5 atom stereocenters. The number of aliphatic hydroxyl groups excluding tert-OH is 4. The third-order valence-electron chi connectivity index (χ3n) is 2.69. The minimum absolute atomic E-state index is 0.106. The molecule has 0 bridgehead atoms. The minimum Gasteiger partial charge on any atom is -0.394 e. The zero-order chi connectivity index (χ0) is 12.5. The fraction of sp³-hybridized carbons (Fsp3) is 1.00. The summed E-state index contributed by atoms with van der Waals surface area (Å²) in [5, 5.41) is 47.2. The largest absolute Gasteiger partial charge is 0.394 e. The Morgan fingerprint density at radius 3 is 1.94 bits per heavy atom. The van der Waals surface area contributed by atoms with Crippen molar-refractivity contribution in [2.45, 2.75) is 56.4 Å². The van der Waals surface area contributed by atoms with Gasteiger partial charge in [0.05, 0.1) is 18.3 Å². The highest BCUT2D eigenvalue weighted by Gasteiger charge is 2.44. The number of hydrogen-bond donors (Lipinski definition) is 5. The van der Waals surface area contributed by atoms with Gasteiger partial charge in [0.25, 0.3) is 0 Å². The maximum absolute atomic E-state index is 9.66. The first-order valence-corrected chi connectivity index (χ1v) is 5.29. The molecular formula is C10H20O6. The van der Waals surface area contributed by atoms with Crippen molar-refractivity contribution in [1.82, 2.24) is 0 Å². The van der Waals surface area contributed by atoms with Crippen LogP contribution in [0.3, 0.4) is 0 Å². The zero-order valence-corrected chi connectivity index (χ0v) is 9.45. The first-order valence-electron chi connectivity index (χ1n) is 5.29. The molecule has 0 spiro atoms. The van der Waals surface area contributed by atoms with Crippen molar-refractivity contribution in [3.05, 3.63) is 0 Å². The average Bonchev–Trinajstić information content (AvgIpc) is 2.17. The molecule has 0 saturated carbocycles. The fourth-order valence-electron chi connectivity index (χ4n) is 1.84. The van der Waals surface area contributed by atoms with Gasteiger partial charge in [-0.1, -0.05) is 0 Å². The molecule has 0 aromatic carbocycles. The highest BCUT2D eigenvalue weighted by atomic mass is 16.5. The standard InChI is InChI=1S/C10H20O6/c1-10(2,15)3-5-7(12)9(14)8(13)6(4-11)16-5/h5-9,11-15H,3-4H2,1-2H3/t5-,6+,7-,8-,9+/m0/s1. The lowest BCUT2D eigenvalue weighted by atomic mass is 9.89. The molecule has 1 fully saturated rings. The van der Waals surface area contributed by atoms with E-state index < -0.39 is 42.7 Å². The molecule has 6 nitrogen and oxygen atoms in total. The lowest BCUT2D eigenvalue weighted by Gasteiger charge is -2.41. The first kappa shape index (κ1) is 13.8. The summed E-state index contributed by atoms with van der Waals surface area (Å²) in [6.45, 7) is 2.65. The van der Waals surface area contributed by atoms with Gasteiger partial charge in [0.15, 0.2) is 0 Å². The molecular weight excluding hydrogens is 216 g/mol. The molecule has 0 amide bonds. The Morgan fingerprint density at radius 1 is 1.00 bits per heavy atom. The van der Waals surface area contributed by atoms with Crippen LogP contribution in [0.2, 0.25) is 0 Å². The van der Waals surface area contributed by atoms with Crippen molar-refractivity contribution in [3.63, 3.8) is 0 Å². The predicted octanol–water partition coefficient (Wildman–Crippen LogP) is -2.01. The Labute approximate surface area is 94.1 Å². The van der Waals surface area contributed by atoms with Crippen LogP contribution in [-0.2, 0) is 4.74 Å². The fourth-order valence-corrected chi connectivity index (χ4v) is 1.84. The maximum Gasteiger partial charge on any atom is 0.111 e. The second kappa shape index (κ2) is 4.95. The number of aliphatic hydroxyl groups is 5. The van der Waals surface area contributed by atoms with Crippen LogP contribution in [0.15, 0.2) is 0 Å². The predicted molar refractivity (Wildman–Crippen MR) is 54.7 cm³/mol. The van der Waals surface area contributed by atoms with Crippen molar-refractivity contribution in [2.75, 3.05) is 6.61 Å². The monoisotopic (exact) mass is 236 g/mol. The van der Waals surface area contributed by atoms with E-state index in [0.29, 0.717) is 0 Å². The minimum atomic E-state index is -1.38. The molecule has 1 aliphatic heterocycles. The van der Waals surface area contributed by atoms with Crippen LogP contribution in [-0.4, -0.2) is 68.3 Å². The summed E-state index contributed by atoms with van der Waals surface area (Å²) in [5.41, 5.74) is -1.06. The third kappa shape index (κ3) is 3.13. The van der Waals surface area contributed by atoms with Gasteiger partial charge < -0.3 is 30.3 Å². The molecule has 5 N–H and O–H groups in total. The van der Waals surface area contributed by atoms with Crippen LogP contribution >= 0.6 is 0 Å². The summed E-state index contributed by atoms with van der Waals surface area (Å²) >= 11 is 0. The lowest BCUT2D eigenvalue weighted by Crippen LogP contribution is -2.59. The van der Waals surface area contributed by atoms with E-state index in [-0.39, 0.29) is 6.42 Å². The van der Waals surface area contributed by atoms with Crippen LogP contribution in [0, 0.1) is 0 Å². The van der Waals surface area contributed by atoms with Crippen molar-refractivity contribution < 1.29 is 30.3 Å². The van der Waals surface area contributed by atoms with Crippen LogP contribution in [0.25, 0.3) is 0 Å². The topological polar surface area (TPSA) is 110 Å². The summed E-state index contributed by atoms with van der Waals surface area (Å²) in [7, 11) is 0. The van der Waals surface area contributed by atoms with Crippen LogP contribution in [0.5, 0.6) is 0 Å². The molecule has 0 aromatic rings. The lowest BCUT2D eigenvalue weighted by molar-refractivity contribution is -0.237. The van der Waals surface area contributed by atoms with Crippen LogP contribution in [0.4, 0.5) is 0 Å². The van der Waals surface area contributed by atoms with E-state index in [1.807, 2.05) is 0 Å². The maximum atomic E-state index is 9.66. The molecule has 16 heavy (non-hydrogen) atoms. The Hall–Kier alpha value is -0.240. The van der Waals surface area contributed by atoms with Gasteiger partial charge in [-0.3, -0.25) is 0 Å². The molecule has 1 rings (SSSR count). The normalized spacial score (nSPS) is 41.1. The zero-order valence-electron chi connectivity index (χ0n) is 9.45. The Bertz CT molecular complexity index is 224. The van der Waals surface area contributed by atoms with Gasteiger partial charge in [-0.2, -0.15) is 0 Å². The van der Waals surface area contributed by atoms with E-state index in [9.17, 15) is 20.4 Å². The molecule has 1 saturated heterocycles. The van der Waals surface area contributed by atoms with E-state index in [4.69, 9.17) is 9.84 Å². The Morgan fingerprint density at radius 2 is 1.50 bits per heavy atom. The second-order valence-electron chi connectivity index (χ2n) is 4.88. The van der Waals surface area contributed by atoms with Gasteiger partial charge in [-0.05, 0) is 13.8 Å². The SMILES string of the molecule is CC(C)(O)C[C@@H]1O[C@H](CO)[C@H](O)[C@H](O)[C@H]1O. The summed E-state index contributed by atoms with van der Waals surface area (Å²) in [6.07, 6.45) is -5.61. The molecule has 0 radical (unpaired) electrons. The van der Waals surface area contributed by atoms with Crippen LogP contribution < -0.4 is 0 Å². The smallest absolute Gasteiger partial charge is 0.111 e. The van der Waals surface area contributed by atoms with Gasteiger partial charge in [0.1, 0.15) is 24.4 Å². The highest BCUT2D eigenvalue weighted by molar-refractivity contribution is 4.93. The van der Waals surface area contributed by atoms with Gasteiger partial charge in [0, 0.05) is 6.42 Å². The molecule has 0 aromatic heterocycles. The molecule has 1 aliphatic rings. The molecule has 0 unspecified atom stereocenters. The molecule has 1 heterocycles. The summed E-state index contributed by atoms with van der Waals surface area (Å²) < 4.78 is 5.24. The number of ether oxygens (including phenoxy) is 1. The van der Waals surface area contributed by atoms with Gasteiger partial charge >= 0.3 is 0 Å². The quantitative estimate of drug-likeness (QED) is 0.387. The van der Waals surface area contributed by atoms with E-state index in [1.165, 1.54) is 0 Å². The van der Waals surface area contributed by atoms with E-state index in [1.54, 1.807) is 13.8 Å². The van der Waals surface area contributed by atoms with E-state index in [0.717, 1.165) is 0 Å². The second-order valence-corrected chi connectivity index (χ2v) is 4.88. The van der Waals surface area contributed by atoms with Gasteiger partial charge in [0.2, 0.25) is 0 Å². The first-order chi connectivity index (χ1) is 7.26. The highest BCUT2D eigenvalue weighted by Crippen LogP contribution is 2.26. The van der Waals surface area contributed by atoms with E-state index in [2.05, 4.69) is 0 Å². The molecule has 96 valence electrons. The van der Waals surface area contributed by atoms with Crippen molar-refractivity contribution in [2.24, 2.45) is 0 Å². The van der Waals surface area contributed by atoms with Crippen molar-refractivity contribution in [1.29, 1.82) is 0 Å². The van der Waals surface area contributed by atoms with Crippen LogP contribution in [0.1, 0.15) is 20.3 Å². The van der Waals surface area contributed by atoms with Gasteiger partial charge in [-0.15, -0.1) is 0 Å². The summed E-state index contributed by atoms with van der Waals surface area (Å²) in [4.78, 5) is 0. The Balaban J connectivity index is 2.71. The van der Waals surface area contributed by atoms with Crippen molar-refractivity contribution in [3.8, 4) is 0 Å². The summed E-state index contributed by atoms with van der Waals surface area (Å²) in [6, 6.07) is 0. The Kier molecular flexibility index (Phi) is 4.28. The number of rotatable bonds is 3. The number of hydrogen-bond acceptors (Lipinski definition) is 6. The van der Waals surface area contributed by atoms with E-state index >= 15 is 0 Å². The molecule has 6 heteroatoms.